The number of aromatic nitrogens is 1. The molecule has 1 aromatic heterocycles. The Balaban J connectivity index is 0. The summed E-state index contributed by atoms with van der Waals surface area (Å²) in [6.07, 6.45) is -3.29. The summed E-state index contributed by atoms with van der Waals surface area (Å²) in [5, 5.41) is 0. The van der Waals surface area contributed by atoms with Crippen LogP contribution < -0.4 is 5.73 Å². The van der Waals surface area contributed by atoms with Gasteiger partial charge in [-0.1, -0.05) is 0 Å². The molecule has 0 spiro atoms. The van der Waals surface area contributed by atoms with Crippen LogP contribution in [0.5, 0.6) is 0 Å². The number of hydrogen-bond acceptors (Lipinski definition) is 2. The summed E-state index contributed by atoms with van der Waals surface area (Å²) in [5.74, 6) is 0. The van der Waals surface area contributed by atoms with Crippen molar-refractivity contribution in [1.82, 2.24) is 4.98 Å². The van der Waals surface area contributed by atoms with E-state index in [1.165, 1.54) is 6.07 Å². The fraction of sp³-hybridized carbons (Fsp3) is 0.375. The van der Waals surface area contributed by atoms with Crippen molar-refractivity contribution in [2.75, 3.05) is 0 Å². The lowest BCUT2D eigenvalue weighted by Crippen LogP contribution is -2.11. The largest absolute Gasteiger partial charge is 0.433 e. The quantitative estimate of drug-likeness (QED) is 0.845. The lowest BCUT2D eigenvalue weighted by Gasteiger charge is -2.09. The smallest absolute Gasteiger partial charge is 0.324 e. The molecule has 1 atom stereocenters. The maximum Gasteiger partial charge on any atom is 0.433 e. The monoisotopic (exact) mass is 262 g/mol. The average Bonchev–Trinajstić information content (AvgIpc) is 2.03. The summed E-state index contributed by atoms with van der Waals surface area (Å²) in [4.78, 5) is 3.21. The lowest BCUT2D eigenvalue weighted by atomic mass is 10.1. The van der Waals surface area contributed by atoms with E-state index in [1.807, 2.05) is 0 Å². The Morgan fingerprint density at radius 3 is 2.27 bits per heavy atom. The van der Waals surface area contributed by atoms with E-state index in [2.05, 4.69) is 4.98 Å². The molecular weight excluding hydrogens is 252 g/mol. The fourth-order valence-corrected chi connectivity index (χ4v) is 0.885. The third-order valence-electron chi connectivity index (χ3n) is 1.60. The van der Waals surface area contributed by atoms with Crippen molar-refractivity contribution in [2.45, 2.75) is 19.1 Å². The van der Waals surface area contributed by atoms with Gasteiger partial charge in [0, 0.05) is 12.2 Å². The summed E-state index contributed by atoms with van der Waals surface area (Å²) in [6, 6.07) is 2.02. The van der Waals surface area contributed by atoms with Crippen molar-refractivity contribution in [3.05, 3.63) is 29.6 Å². The normalized spacial score (nSPS) is 12.3. The molecule has 0 aliphatic rings. The molecule has 0 radical (unpaired) electrons. The van der Waals surface area contributed by atoms with Gasteiger partial charge in [0.25, 0.3) is 0 Å². The molecule has 0 saturated heterocycles. The lowest BCUT2D eigenvalue weighted by molar-refractivity contribution is -0.141. The first-order valence-corrected chi connectivity index (χ1v) is 3.70. The second-order valence-electron chi connectivity index (χ2n) is 2.76. The molecule has 2 nitrogen and oxygen atoms in total. The zero-order chi connectivity index (χ0) is 10.1. The summed E-state index contributed by atoms with van der Waals surface area (Å²) in [6.45, 7) is 1.62. The van der Waals surface area contributed by atoms with Crippen molar-refractivity contribution in [3.63, 3.8) is 0 Å². The predicted molar refractivity (Wildman–Crippen MR) is 56.3 cm³/mol. The second-order valence-corrected chi connectivity index (χ2v) is 2.76. The summed E-state index contributed by atoms with van der Waals surface area (Å²) in [7, 11) is 0. The highest BCUT2D eigenvalue weighted by molar-refractivity contribution is 5.85. The van der Waals surface area contributed by atoms with Crippen molar-refractivity contribution in [3.8, 4) is 0 Å². The average molecular weight is 263 g/mol. The van der Waals surface area contributed by atoms with E-state index in [-0.39, 0.29) is 24.8 Å². The number of nitrogens with two attached hydrogens (primary N) is 1. The molecule has 0 amide bonds. The first-order chi connectivity index (χ1) is 5.91. The molecule has 0 saturated carbocycles. The zero-order valence-electron chi connectivity index (χ0n) is 7.78. The SMILES string of the molecule is C[C@H](N)c1ccnc(C(F)(F)F)c1.Cl.Cl. The van der Waals surface area contributed by atoms with Crippen LogP contribution in [0.1, 0.15) is 24.2 Å². The Kier molecular flexibility index (Phi) is 6.92. The molecule has 7 heteroatoms. The van der Waals surface area contributed by atoms with Crippen molar-refractivity contribution in [2.24, 2.45) is 5.73 Å². The predicted octanol–water partition coefficient (Wildman–Crippen LogP) is 2.96. The summed E-state index contributed by atoms with van der Waals surface area (Å²) in [5.41, 5.74) is 4.96. The maximum atomic E-state index is 12.1. The van der Waals surface area contributed by atoms with Gasteiger partial charge in [-0.3, -0.25) is 4.98 Å². The molecule has 1 aromatic rings. The van der Waals surface area contributed by atoms with E-state index in [9.17, 15) is 13.2 Å². The fourth-order valence-electron chi connectivity index (χ4n) is 0.885. The molecule has 1 rings (SSSR count). The molecular formula is C8H11Cl2F3N2. The van der Waals surface area contributed by atoms with Crippen LogP contribution in [-0.2, 0) is 6.18 Å². The minimum atomic E-state index is -4.40. The Hall–Kier alpha value is -0.520. The maximum absolute atomic E-state index is 12.1. The van der Waals surface area contributed by atoms with Crippen molar-refractivity contribution >= 4 is 24.8 Å². The summed E-state index contributed by atoms with van der Waals surface area (Å²) >= 11 is 0. The van der Waals surface area contributed by atoms with Gasteiger partial charge < -0.3 is 5.73 Å². The number of pyridine rings is 1. The number of halogens is 5. The van der Waals surface area contributed by atoms with Crippen LogP contribution >= 0.6 is 24.8 Å². The van der Waals surface area contributed by atoms with Crippen molar-refractivity contribution in [1.29, 1.82) is 0 Å². The molecule has 15 heavy (non-hydrogen) atoms. The molecule has 1 heterocycles. The van der Waals surface area contributed by atoms with Crippen LogP contribution in [0.25, 0.3) is 0 Å². The second kappa shape index (κ2) is 6.15. The van der Waals surface area contributed by atoms with E-state index >= 15 is 0 Å². The van der Waals surface area contributed by atoms with Gasteiger partial charge in [-0.05, 0) is 24.6 Å². The van der Waals surface area contributed by atoms with E-state index in [0.717, 1.165) is 12.3 Å². The van der Waals surface area contributed by atoms with Gasteiger partial charge in [-0.25, -0.2) is 0 Å². The minimum absolute atomic E-state index is 0. The number of alkyl halides is 3. The highest BCUT2D eigenvalue weighted by Gasteiger charge is 2.32. The zero-order valence-corrected chi connectivity index (χ0v) is 9.42. The Bertz CT molecular complexity index is 302. The van der Waals surface area contributed by atoms with Crippen molar-refractivity contribution < 1.29 is 13.2 Å². The Morgan fingerprint density at radius 2 is 1.87 bits per heavy atom. The molecule has 0 aromatic carbocycles. The van der Waals surface area contributed by atoms with Gasteiger partial charge in [-0.2, -0.15) is 13.2 Å². The van der Waals surface area contributed by atoms with Crippen LogP contribution in [0.3, 0.4) is 0 Å². The highest BCUT2D eigenvalue weighted by Crippen LogP contribution is 2.28. The van der Waals surface area contributed by atoms with Crippen LogP contribution in [0, 0.1) is 0 Å². The van der Waals surface area contributed by atoms with Crippen LogP contribution in [0.2, 0.25) is 0 Å². The molecule has 0 fully saturated rings. The number of nitrogens with zero attached hydrogens (tertiary/aromatic N) is 1. The van der Waals surface area contributed by atoms with Gasteiger partial charge in [0.2, 0.25) is 0 Å². The molecule has 0 bridgehead atoms. The number of rotatable bonds is 1. The molecule has 0 aliphatic heterocycles. The first kappa shape index (κ1) is 16.9. The third-order valence-corrected chi connectivity index (χ3v) is 1.60. The summed E-state index contributed by atoms with van der Waals surface area (Å²) < 4.78 is 36.4. The van der Waals surface area contributed by atoms with E-state index < -0.39 is 17.9 Å². The number of hydrogen-bond donors (Lipinski definition) is 1. The molecule has 2 N–H and O–H groups in total. The molecule has 0 unspecified atom stereocenters. The Labute approximate surface area is 97.9 Å². The minimum Gasteiger partial charge on any atom is -0.324 e. The van der Waals surface area contributed by atoms with Gasteiger partial charge in [-0.15, -0.1) is 24.8 Å². The molecule has 88 valence electrons. The van der Waals surface area contributed by atoms with E-state index in [0.29, 0.717) is 5.56 Å². The van der Waals surface area contributed by atoms with E-state index in [1.54, 1.807) is 6.92 Å². The van der Waals surface area contributed by atoms with Gasteiger partial charge in [0.05, 0.1) is 0 Å². The van der Waals surface area contributed by atoms with Crippen LogP contribution in [0.4, 0.5) is 13.2 Å². The van der Waals surface area contributed by atoms with Gasteiger partial charge >= 0.3 is 6.18 Å². The standard InChI is InChI=1S/C8H9F3N2.2ClH/c1-5(12)6-2-3-13-7(4-6)8(9,10)11;;/h2-5H,12H2,1H3;2*1H/t5-;;/m0../s1. The van der Waals surface area contributed by atoms with E-state index in [4.69, 9.17) is 5.73 Å². The Morgan fingerprint density at radius 1 is 1.33 bits per heavy atom. The van der Waals surface area contributed by atoms with Gasteiger partial charge in [0.15, 0.2) is 0 Å². The highest BCUT2D eigenvalue weighted by atomic mass is 35.5. The third kappa shape index (κ3) is 4.68. The van der Waals surface area contributed by atoms with Crippen LogP contribution in [0.15, 0.2) is 18.3 Å². The first-order valence-electron chi connectivity index (χ1n) is 3.70. The van der Waals surface area contributed by atoms with Gasteiger partial charge in [0.1, 0.15) is 5.69 Å². The van der Waals surface area contributed by atoms with Crippen LogP contribution in [-0.4, -0.2) is 4.98 Å². The molecule has 0 aliphatic carbocycles. The topological polar surface area (TPSA) is 38.9 Å².